The van der Waals surface area contributed by atoms with E-state index in [0.717, 1.165) is 5.69 Å². The Bertz CT molecular complexity index is 986. The molecule has 0 fully saturated rings. The minimum Gasteiger partial charge on any atom is -0.435 e. The van der Waals surface area contributed by atoms with E-state index < -0.39 is 6.61 Å². The first-order valence-electron chi connectivity index (χ1n) is 8.55. The van der Waals surface area contributed by atoms with Crippen molar-refractivity contribution in [3.05, 3.63) is 65.4 Å². The van der Waals surface area contributed by atoms with Crippen LogP contribution < -0.4 is 10.1 Å². The van der Waals surface area contributed by atoms with E-state index in [1.807, 2.05) is 12.1 Å². The summed E-state index contributed by atoms with van der Waals surface area (Å²) in [6, 6.07) is 13.1. The number of nitrogens with zero attached hydrogens (tertiary/aromatic N) is 3. The average molecular weight is 439 g/mol. The standard InChI is InChI=1S/C19H17ClF2N4O2S/c1-12(13-4-2-7-16(8-13)28-18(21)22)24-17(27)10-29-19-25-23-11-26(19)15-6-3-5-14(20)9-15/h2-9,11-12,18H,10H2,1H3,(H,24,27). The summed E-state index contributed by atoms with van der Waals surface area (Å²) in [5.74, 6) is -0.0810. The Morgan fingerprint density at radius 1 is 1.28 bits per heavy atom. The van der Waals surface area contributed by atoms with Crippen LogP contribution in [-0.4, -0.2) is 33.0 Å². The molecule has 0 aliphatic rings. The largest absolute Gasteiger partial charge is 0.435 e. The van der Waals surface area contributed by atoms with E-state index in [4.69, 9.17) is 11.6 Å². The lowest BCUT2D eigenvalue weighted by Crippen LogP contribution is -2.28. The number of thioether (sulfide) groups is 1. The zero-order chi connectivity index (χ0) is 20.8. The van der Waals surface area contributed by atoms with Crippen LogP contribution in [0.3, 0.4) is 0 Å². The van der Waals surface area contributed by atoms with Crippen LogP contribution in [0.2, 0.25) is 5.02 Å². The van der Waals surface area contributed by atoms with Crippen LogP contribution >= 0.6 is 23.4 Å². The van der Waals surface area contributed by atoms with Gasteiger partial charge in [0.2, 0.25) is 5.91 Å². The van der Waals surface area contributed by atoms with Crippen LogP contribution in [0.25, 0.3) is 5.69 Å². The van der Waals surface area contributed by atoms with Crippen molar-refractivity contribution >= 4 is 29.3 Å². The molecule has 0 radical (unpaired) electrons. The van der Waals surface area contributed by atoms with Gasteiger partial charge in [0.1, 0.15) is 12.1 Å². The third kappa shape index (κ3) is 5.91. The van der Waals surface area contributed by atoms with Gasteiger partial charge in [-0.05, 0) is 42.8 Å². The van der Waals surface area contributed by atoms with Crippen LogP contribution in [0.5, 0.6) is 5.75 Å². The second-order valence-corrected chi connectivity index (χ2v) is 7.37. The summed E-state index contributed by atoms with van der Waals surface area (Å²) >= 11 is 7.24. The summed E-state index contributed by atoms with van der Waals surface area (Å²) < 4.78 is 30.8. The third-order valence-electron chi connectivity index (χ3n) is 3.90. The first kappa shape index (κ1) is 21.1. The van der Waals surface area contributed by atoms with Crippen molar-refractivity contribution in [2.24, 2.45) is 0 Å². The number of nitrogens with one attached hydrogen (secondary N) is 1. The molecule has 0 spiro atoms. The van der Waals surface area contributed by atoms with Crippen LogP contribution in [0, 0.1) is 0 Å². The molecule has 10 heteroatoms. The summed E-state index contributed by atoms with van der Waals surface area (Å²) in [4.78, 5) is 12.3. The number of benzene rings is 2. The highest BCUT2D eigenvalue weighted by Gasteiger charge is 2.14. The highest BCUT2D eigenvalue weighted by molar-refractivity contribution is 7.99. The monoisotopic (exact) mass is 438 g/mol. The van der Waals surface area contributed by atoms with Crippen molar-refractivity contribution in [3.63, 3.8) is 0 Å². The van der Waals surface area contributed by atoms with Crippen molar-refractivity contribution in [2.45, 2.75) is 24.7 Å². The van der Waals surface area contributed by atoms with E-state index in [2.05, 4.69) is 20.3 Å². The van der Waals surface area contributed by atoms with Gasteiger partial charge in [-0.15, -0.1) is 10.2 Å². The van der Waals surface area contributed by atoms with E-state index in [-0.39, 0.29) is 23.5 Å². The Balaban J connectivity index is 1.59. The molecule has 1 N–H and O–H groups in total. The number of rotatable bonds is 8. The lowest BCUT2D eigenvalue weighted by molar-refractivity contribution is -0.119. The minimum atomic E-state index is -2.90. The van der Waals surface area contributed by atoms with Crippen molar-refractivity contribution in [2.75, 3.05) is 5.75 Å². The number of carbonyl (C=O) groups is 1. The van der Waals surface area contributed by atoms with Gasteiger partial charge in [-0.2, -0.15) is 8.78 Å². The smallest absolute Gasteiger partial charge is 0.387 e. The van der Waals surface area contributed by atoms with Crippen LogP contribution in [0.15, 0.2) is 60.0 Å². The second kappa shape index (κ2) is 9.71. The Hall–Kier alpha value is -2.65. The number of halogens is 3. The quantitative estimate of drug-likeness (QED) is 0.525. The van der Waals surface area contributed by atoms with Gasteiger partial charge in [0.25, 0.3) is 0 Å². The molecule has 0 aliphatic heterocycles. The molecule has 3 rings (SSSR count). The summed E-state index contributed by atoms with van der Waals surface area (Å²) in [5.41, 5.74) is 1.44. The van der Waals surface area contributed by atoms with Gasteiger partial charge < -0.3 is 10.1 Å². The third-order valence-corrected chi connectivity index (χ3v) is 5.07. The minimum absolute atomic E-state index is 0.0441. The average Bonchev–Trinajstić information content (AvgIpc) is 3.15. The maximum atomic E-state index is 12.4. The molecule has 0 bridgehead atoms. The number of ether oxygens (including phenoxy) is 1. The first-order chi connectivity index (χ1) is 13.9. The number of hydrogen-bond acceptors (Lipinski definition) is 5. The Kier molecular flexibility index (Phi) is 7.05. The zero-order valence-corrected chi connectivity index (χ0v) is 16.8. The maximum absolute atomic E-state index is 12.4. The lowest BCUT2D eigenvalue weighted by atomic mass is 10.1. The topological polar surface area (TPSA) is 69.0 Å². The predicted molar refractivity (Wildman–Crippen MR) is 107 cm³/mol. The highest BCUT2D eigenvalue weighted by Crippen LogP contribution is 2.23. The molecule has 0 saturated carbocycles. The molecular weight excluding hydrogens is 422 g/mol. The van der Waals surface area contributed by atoms with Gasteiger partial charge in [0.15, 0.2) is 5.16 Å². The fraction of sp³-hybridized carbons (Fsp3) is 0.211. The number of hydrogen-bond donors (Lipinski definition) is 1. The lowest BCUT2D eigenvalue weighted by Gasteiger charge is -2.15. The van der Waals surface area contributed by atoms with Crippen molar-refractivity contribution in [3.8, 4) is 11.4 Å². The molecule has 1 unspecified atom stereocenters. The molecule has 1 aromatic heterocycles. The molecule has 0 aliphatic carbocycles. The van der Waals surface area contributed by atoms with Gasteiger partial charge >= 0.3 is 6.61 Å². The second-order valence-electron chi connectivity index (χ2n) is 5.99. The fourth-order valence-electron chi connectivity index (χ4n) is 2.58. The van der Waals surface area contributed by atoms with Gasteiger partial charge in [0, 0.05) is 5.02 Å². The van der Waals surface area contributed by atoms with Gasteiger partial charge in [0.05, 0.1) is 17.5 Å². The summed E-state index contributed by atoms with van der Waals surface area (Å²) in [6.07, 6.45) is 1.54. The summed E-state index contributed by atoms with van der Waals surface area (Å²) in [7, 11) is 0. The number of aromatic nitrogens is 3. The molecule has 1 heterocycles. The van der Waals surface area contributed by atoms with Crippen molar-refractivity contribution < 1.29 is 18.3 Å². The van der Waals surface area contributed by atoms with Gasteiger partial charge in [-0.25, -0.2) is 0 Å². The summed E-state index contributed by atoms with van der Waals surface area (Å²) in [5, 5.41) is 11.9. The molecule has 2 aromatic carbocycles. The molecule has 0 saturated heterocycles. The molecule has 152 valence electrons. The highest BCUT2D eigenvalue weighted by atomic mass is 35.5. The normalized spacial score (nSPS) is 12.0. The molecule has 1 atom stereocenters. The molecule has 1 amide bonds. The van der Waals surface area contributed by atoms with E-state index in [1.54, 1.807) is 42.1 Å². The van der Waals surface area contributed by atoms with E-state index >= 15 is 0 Å². The SMILES string of the molecule is CC(NC(=O)CSc1nncn1-c1cccc(Cl)c1)c1cccc(OC(F)F)c1. The fourth-order valence-corrected chi connectivity index (χ4v) is 3.51. The van der Waals surface area contributed by atoms with Gasteiger partial charge in [-0.1, -0.05) is 41.6 Å². The summed E-state index contributed by atoms with van der Waals surface area (Å²) in [6.45, 7) is -1.14. The zero-order valence-electron chi connectivity index (χ0n) is 15.3. The maximum Gasteiger partial charge on any atom is 0.387 e. The Morgan fingerprint density at radius 2 is 2.07 bits per heavy atom. The van der Waals surface area contributed by atoms with E-state index in [1.165, 1.54) is 23.9 Å². The predicted octanol–water partition coefficient (Wildman–Crippen LogP) is 4.49. The number of alkyl halides is 2. The van der Waals surface area contributed by atoms with Crippen molar-refractivity contribution in [1.82, 2.24) is 20.1 Å². The van der Waals surface area contributed by atoms with Crippen LogP contribution in [0.1, 0.15) is 18.5 Å². The van der Waals surface area contributed by atoms with E-state index in [9.17, 15) is 13.6 Å². The first-order valence-corrected chi connectivity index (χ1v) is 9.91. The number of amides is 1. The molecule has 6 nitrogen and oxygen atoms in total. The van der Waals surface area contributed by atoms with Crippen LogP contribution in [0.4, 0.5) is 8.78 Å². The van der Waals surface area contributed by atoms with Gasteiger partial charge in [-0.3, -0.25) is 9.36 Å². The van der Waals surface area contributed by atoms with Crippen LogP contribution in [-0.2, 0) is 4.79 Å². The Morgan fingerprint density at radius 3 is 2.83 bits per heavy atom. The number of carbonyl (C=O) groups excluding carboxylic acids is 1. The molecular formula is C19H17ClF2N4O2S. The Labute approximate surface area is 175 Å². The molecule has 29 heavy (non-hydrogen) atoms. The van der Waals surface area contributed by atoms with E-state index in [0.29, 0.717) is 15.7 Å². The van der Waals surface area contributed by atoms with Crippen molar-refractivity contribution in [1.29, 1.82) is 0 Å². The molecule has 3 aromatic rings.